The van der Waals surface area contributed by atoms with Crippen molar-refractivity contribution in [3.8, 4) is 0 Å². The van der Waals surface area contributed by atoms with E-state index in [1.807, 2.05) is 31.2 Å². The maximum atomic E-state index is 12.8. The molecule has 1 aliphatic rings. The lowest BCUT2D eigenvalue weighted by Gasteiger charge is -2.13. The Morgan fingerprint density at radius 3 is 2.88 bits per heavy atom. The summed E-state index contributed by atoms with van der Waals surface area (Å²) in [6, 6.07) is 7.42. The summed E-state index contributed by atoms with van der Waals surface area (Å²) in [7, 11) is 0. The second kappa shape index (κ2) is 8.06. The van der Waals surface area contributed by atoms with Gasteiger partial charge in [-0.25, -0.2) is 10.4 Å². The standard InChI is InChI=1S/C18H24N4O2/c1-2-24-13-7-12-22-17(23)15-10-5-6-11-16(15)19-18(22)21-20-14-8-3-4-9-14/h5-6,10-11H,2-4,7-9,12-13H2,1H3,(H,19,21). The van der Waals surface area contributed by atoms with Crippen LogP contribution in [0.5, 0.6) is 0 Å². The van der Waals surface area contributed by atoms with E-state index in [1.54, 1.807) is 4.57 Å². The van der Waals surface area contributed by atoms with Gasteiger partial charge < -0.3 is 4.74 Å². The summed E-state index contributed by atoms with van der Waals surface area (Å²) in [5, 5.41) is 5.09. The highest BCUT2D eigenvalue weighted by molar-refractivity contribution is 5.86. The minimum Gasteiger partial charge on any atom is -0.382 e. The second-order valence-corrected chi connectivity index (χ2v) is 5.96. The summed E-state index contributed by atoms with van der Waals surface area (Å²) in [6.45, 7) is 3.84. The highest BCUT2D eigenvalue weighted by Gasteiger charge is 2.12. The fourth-order valence-electron chi connectivity index (χ4n) is 2.95. The van der Waals surface area contributed by atoms with Gasteiger partial charge in [0.2, 0.25) is 5.95 Å². The number of nitrogens with one attached hydrogen (secondary N) is 1. The quantitative estimate of drug-likeness (QED) is 0.626. The Labute approximate surface area is 141 Å². The van der Waals surface area contributed by atoms with Gasteiger partial charge in [-0.3, -0.25) is 9.36 Å². The fraction of sp³-hybridized carbons (Fsp3) is 0.500. The SMILES string of the molecule is CCOCCCn1c(NN=C2CCCC2)nc2ccccc2c1=O. The van der Waals surface area contributed by atoms with Crippen LogP contribution in [0.2, 0.25) is 0 Å². The maximum absolute atomic E-state index is 12.8. The summed E-state index contributed by atoms with van der Waals surface area (Å²) in [5.41, 5.74) is 4.84. The molecule has 1 aromatic carbocycles. The summed E-state index contributed by atoms with van der Waals surface area (Å²) >= 11 is 0. The number of hydrogen-bond acceptors (Lipinski definition) is 5. The maximum Gasteiger partial charge on any atom is 0.262 e. The summed E-state index contributed by atoms with van der Waals surface area (Å²) in [4.78, 5) is 17.4. The topological polar surface area (TPSA) is 68.5 Å². The predicted octanol–water partition coefficient (Wildman–Crippen LogP) is 3.17. The first-order chi connectivity index (χ1) is 11.8. The van der Waals surface area contributed by atoms with Crippen molar-refractivity contribution in [2.75, 3.05) is 18.6 Å². The van der Waals surface area contributed by atoms with Gasteiger partial charge in [0.15, 0.2) is 0 Å². The van der Waals surface area contributed by atoms with E-state index in [4.69, 9.17) is 4.74 Å². The third-order valence-electron chi connectivity index (χ3n) is 4.23. The van der Waals surface area contributed by atoms with Gasteiger partial charge in [-0.05, 0) is 51.2 Å². The zero-order chi connectivity index (χ0) is 16.8. The van der Waals surface area contributed by atoms with Crippen LogP contribution in [0.3, 0.4) is 0 Å². The third-order valence-corrected chi connectivity index (χ3v) is 4.23. The van der Waals surface area contributed by atoms with Gasteiger partial charge in [0, 0.05) is 25.5 Å². The van der Waals surface area contributed by atoms with Crippen molar-refractivity contribution in [2.45, 2.75) is 45.6 Å². The van der Waals surface area contributed by atoms with E-state index in [0.29, 0.717) is 36.6 Å². The summed E-state index contributed by atoms with van der Waals surface area (Å²) in [6.07, 6.45) is 5.18. The van der Waals surface area contributed by atoms with Crippen LogP contribution in [-0.4, -0.2) is 28.5 Å². The first kappa shape index (κ1) is 16.6. The van der Waals surface area contributed by atoms with Gasteiger partial charge >= 0.3 is 0 Å². The molecule has 24 heavy (non-hydrogen) atoms. The molecular weight excluding hydrogens is 304 g/mol. The number of nitrogens with zero attached hydrogens (tertiary/aromatic N) is 3. The minimum atomic E-state index is -0.0359. The van der Waals surface area contributed by atoms with E-state index in [9.17, 15) is 4.79 Å². The molecule has 0 unspecified atom stereocenters. The molecule has 0 bridgehead atoms. The first-order valence-corrected chi connectivity index (χ1v) is 8.68. The Bertz CT molecular complexity index is 774. The largest absolute Gasteiger partial charge is 0.382 e. The Hall–Kier alpha value is -2.21. The zero-order valence-corrected chi connectivity index (χ0v) is 14.1. The highest BCUT2D eigenvalue weighted by Crippen LogP contribution is 2.16. The average molecular weight is 328 g/mol. The monoisotopic (exact) mass is 328 g/mol. The van der Waals surface area contributed by atoms with Crippen molar-refractivity contribution in [3.05, 3.63) is 34.6 Å². The van der Waals surface area contributed by atoms with Crippen molar-refractivity contribution < 1.29 is 4.74 Å². The lowest BCUT2D eigenvalue weighted by atomic mass is 10.2. The van der Waals surface area contributed by atoms with Gasteiger partial charge in [-0.1, -0.05) is 12.1 Å². The van der Waals surface area contributed by atoms with Crippen molar-refractivity contribution >= 4 is 22.6 Å². The van der Waals surface area contributed by atoms with Crippen LogP contribution in [0.25, 0.3) is 10.9 Å². The van der Waals surface area contributed by atoms with Crippen LogP contribution in [0.15, 0.2) is 34.2 Å². The first-order valence-electron chi connectivity index (χ1n) is 8.68. The number of anilines is 1. The molecule has 2 aromatic rings. The Kier molecular flexibility index (Phi) is 5.59. The van der Waals surface area contributed by atoms with Crippen LogP contribution < -0.4 is 11.0 Å². The molecule has 3 rings (SSSR count). The zero-order valence-electron chi connectivity index (χ0n) is 14.1. The fourth-order valence-corrected chi connectivity index (χ4v) is 2.95. The van der Waals surface area contributed by atoms with Crippen LogP contribution >= 0.6 is 0 Å². The van der Waals surface area contributed by atoms with Crippen LogP contribution in [0.1, 0.15) is 39.0 Å². The molecule has 1 aromatic heterocycles. The molecule has 1 heterocycles. The number of aromatic nitrogens is 2. The molecule has 1 saturated carbocycles. The number of hydrazone groups is 1. The third kappa shape index (κ3) is 3.82. The van der Waals surface area contributed by atoms with Gasteiger partial charge in [-0.2, -0.15) is 5.10 Å². The molecule has 0 atom stereocenters. The van der Waals surface area contributed by atoms with Gasteiger partial charge in [0.05, 0.1) is 10.9 Å². The molecule has 0 amide bonds. The van der Waals surface area contributed by atoms with E-state index in [-0.39, 0.29) is 5.56 Å². The average Bonchev–Trinajstić information content (AvgIpc) is 3.12. The lowest BCUT2D eigenvalue weighted by molar-refractivity contribution is 0.141. The number of ether oxygens (including phenoxy) is 1. The molecule has 0 saturated heterocycles. The summed E-state index contributed by atoms with van der Waals surface area (Å²) < 4.78 is 7.05. The van der Waals surface area contributed by atoms with E-state index in [1.165, 1.54) is 12.8 Å². The number of rotatable bonds is 7. The van der Waals surface area contributed by atoms with Crippen LogP contribution in [-0.2, 0) is 11.3 Å². The van der Waals surface area contributed by atoms with Crippen LogP contribution in [0, 0.1) is 0 Å². The highest BCUT2D eigenvalue weighted by atomic mass is 16.5. The van der Waals surface area contributed by atoms with Crippen molar-refractivity contribution in [2.24, 2.45) is 5.10 Å². The van der Waals surface area contributed by atoms with Crippen LogP contribution in [0.4, 0.5) is 5.95 Å². The number of para-hydroxylation sites is 1. The number of hydrogen-bond donors (Lipinski definition) is 1. The molecule has 1 fully saturated rings. The Morgan fingerprint density at radius 2 is 2.08 bits per heavy atom. The van der Waals surface area contributed by atoms with Gasteiger partial charge in [0.25, 0.3) is 5.56 Å². The molecule has 6 heteroatoms. The molecule has 0 radical (unpaired) electrons. The molecule has 1 N–H and O–H groups in total. The Morgan fingerprint density at radius 1 is 1.29 bits per heavy atom. The summed E-state index contributed by atoms with van der Waals surface area (Å²) in [5.74, 6) is 0.509. The normalized spacial score (nSPS) is 14.3. The second-order valence-electron chi connectivity index (χ2n) is 5.96. The lowest BCUT2D eigenvalue weighted by Crippen LogP contribution is -2.25. The van der Waals surface area contributed by atoms with E-state index in [0.717, 1.165) is 25.0 Å². The minimum absolute atomic E-state index is 0.0359. The van der Waals surface area contributed by atoms with Gasteiger partial charge in [-0.15, -0.1) is 0 Å². The molecule has 0 spiro atoms. The molecule has 0 aliphatic heterocycles. The van der Waals surface area contributed by atoms with E-state index in [2.05, 4.69) is 15.5 Å². The Balaban J connectivity index is 1.90. The molecule has 128 valence electrons. The smallest absolute Gasteiger partial charge is 0.262 e. The van der Waals surface area contributed by atoms with Crippen molar-refractivity contribution in [3.63, 3.8) is 0 Å². The van der Waals surface area contributed by atoms with Crippen molar-refractivity contribution in [1.29, 1.82) is 0 Å². The molecule has 6 nitrogen and oxygen atoms in total. The van der Waals surface area contributed by atoms with E-state index < -0.39 is 0 Å². The number of benzene rings is 1. The van der Waals surface area contributed by atoms with E-state index >= 15 is 0 Å². The van der Waals surface area contributed by atoms with Gasteiger partial charge in [0.1, 0.15) is 0 Å². The predicted molar refractivity (Wildman–Crippen MR) is 96.6 cm³/mol. The number of fused-ring (bicyclic) bond motifs is 1. The molecular formula is C18H24N4O2. The van der Waals surface area contributed by atoms with Crippen molar-refractivity contribution in [1.82, 2.24) is 9.55 Å². The molecule has 1 aliphatic carbocycles.